The third-order valence-corrected chi connectivity index (χ3v) is 3.75. The normalized spacial score (nSPS) is 17.5. The molecule has 1 N–H and O–H groups in total. The third-order valence-electron chi connectivity index (χ3n) is 3.75. The summed E-state index contributed by atoms with van der Waals surface area (Å²) in [6, 6.07) is 7.45. The molecule has 1 atom stereocenters. The van der Waals surface area contributed by atoms with Crippen LogP contribution in [0, 0.1) is 5.92 Å². The average molecular weight is 290 g/mol. The molecule has 2 amide bonds. The van der Waals surface area contributed by atoms with Crippen molar-refractivity contribution in [2.24, 2.45) is 5.92 Å². The van der Waals surface area contributed by atoms with Crippen LogP contribution in [0.25, 0.3) is 0 Å². The number of carboxylic acids is 1. The van der Waals surface area contributed by atoms with Crippen LogP contribution in [0.1, 0.15) is 26.3 Å². The number of nitrogens with zero attached hydrogens (tertiary/aromatic N) is 2. The molecular formula is C16H22N2O3. The van der Waals surface area contributed by atoms with Crippen LogP contribution in [0.2, 0.25) is 0 Å². The third kappa shape index (κ3) is 3.35. The monoisotopic (exact) mass is 290 g/mol. The van der Waals surface area contributed by atoms with E-state index in [4.69, 9.17) is 5.11 Å². The van der Waals surface area contributed by atoms with Gasteiger partial charge in [0.05, 0.1) is 0 Å². The lowest BCUT2D eigenvalue weighted by molar-refractivity contribution is -0.138. The summed E-state index contributed by atoms with van der Waals surface area (Å²) in [6.07, 6.45) is 0.945. The summed E-state index contributed by atoms with van der Waals surface area (Å²) in [5.41, 5.74) is 2.04. The number of urea groups is 1. The van der Waals surface area contributed by atoms with E-state index in [-0.39, 0.29) is 18.6 Å². The van der Waals surface area contributed by atoms with Crippen LogP contribution in [0.15, 0.2) is 24.3 Å². The fourth-order valence-corrected chi connectivity index (χ4v) is 2.75. The Labute approximate surface area is 125 Å². The van der Waals surface area contributed by atoms with Gasteiger partial charge in [-0.1, -0.05) is 25.1 Å². The molecule has 1 aliphatic rings. The zero-order chi connectivity index (χ0) is 15.6. The summed E-state index contributed by atoms with van der Waals surface area (Å²) in [4.78, 5) is 26.9. The van der Waals surface area contributed by atoms with Crippen molar-refractivity contribution in [3.63, 3.8) is 0 Å². The van der Waals surface area contributed by atoms with E-state index in [1.165, 1.54) is 4.90 Å². The van der Waals surface area contributed by atoms with Crippen LogP contribution in [0.4, 0.5) is 10.5 Å². The summed E-state index contributed by atoms with van der Waals surface area (Å²) in [5.74, 6) is -0.627. The second-order valence-electron chi connectivity index (χ2n) is 5.95. The second-order valence-corrected chi connectivity index (χ2v) is 5.95. The molecule has 0 bridgehead atoms. The van der Waals surface area contributed by atoms with Gasteiger partial charge in [-0.2, -0.15) is 0 Å². The van der Waals surface area contributed by atoms with Crippen molar-refractivity contribution in [2.75, 3.05) is 18.0 Å². The number of carbonyl (C=O) groups is 2. The first kappa shape index (κ1) is 15.4. The topological polar surface area (TPSA) is 60.9 Å². The van der Waals surface area contributed by atoms with Crippen LogP contribution >= 0.6 is 0 Å². The van der Waals surface area contributed by atoms with E-state index in [2.05, 4.69) is 6.92 Å². The predicted octanol–water partition coefficient (Wildman–Crippen LogP) is 2.60. The molecular weight excluding hydrogens is 268 g/mol. The summed E-state index contributed by atoms with van der Waals surface area (Å²) < 4.78 is 0. The number of anilines is 1. The van der Waals surface area contributed by atoms with Gasteiger partial charge in [0, 0.05) is 18.3 Å². The smallest absolute Gasteiger partial charge is 0.325 e. The average Bonchev–Trinajstić information content (AvgIpc) is 2.42. The number of benzene rings is 1. The van der Waals surface area contributed by atoms with Gasteiger partial charge in [-0.15, -0.1) is 0 Å². The molecule has 0 saturated carbocycles. The lowest BCUT2D eigenvalue weighted by Gasteiger charge is -2.37. The Morgan fingerprint density at radius 1 is 1.38 bits per heavy atom. The predicted molar refractivity (Wildman–Crippen MR) is 81.5 cm³/mol. The SMILES string of the molecule is CC1Cc2ccccc2N(C(=O)N(CC(=O)O)C(C)C)C1. The number of aliphatic carboxylic acids is 1. The Bertz CT molecular complexity index is 542. The van der Waals surface area contributed by atoms with Crippen LogP contribution in [-0.2, 0) is 11.2 Å². The van der Waals surface area contributed by atoms with Gasteiger partial charge < -0.3 is 10.0 Å². The zero-order valence-corrected chi connectivity index (χ0v) is 12.7. The van der Waals surface area contributed by atoms with Crippen molar-refractivity contribution in [2.45, 2.75) is 33.2 Å². The molecule has 1 aromatic rings. The fourth-order valence-electron chi connectivity index (χ4n) is 2.75. The highest BCUT2D eigenvalue weighted by molar-refractivity contribution is 5.95. The van der Waals surface area contributed by atoms with Crippen molar-refractivity contribution in [1.82, 2.24) is 4.90 Å². The van der Waals surface area contributed by atoms with E-state index in [0.29, 0.717) is 12.5 Å². The molecule has 21 heavy (non-hydrogen) atoms. The summed E-state index contributed by atoms with van der Waals surface area (Å²) in [5, 5.41) is 9.01. The van der Waals surface area contributed by atoms with Crippen molar-refractivity contribution >= 4 is 17.7 Å². The molecule has 2 rings (SSSR count). The minimum Gasteiger partial charge on any atom is -0.480 e. The van der Waals surface area contributed by atoms with E-state index in [1.807, 2.05) is 38.1 Å². The number of rotatable bonds is 3. The molecule has 0 fully saturated rings. The Balaban J connectivity index is 2.31. The quantitative estimate of drug-likeness (QED) is 0.930. The molecule has 0 radical (unpaired) electrons. The van der Waals surface area contributed by atoms with E-state index < -0.39 is 5.97 Å². The van der Waals surface area contributed by atoms with E-state index >= 15 is 0 Å². The first-order valence-corrected chi connectivity index (χ1v) is 7.28. The molecule has 0 saturated heterocycles. The Kier molecular flexibility index (Phi) is 4.50. The molecule has 0 spiro atoms. The molecule has 1 heterocycles. The number of hydrogen-bond donors (Lipinski definition) is 1. The Hall–Kier alpha value is -2.04. The van der Waals surface area contributed by atoms with Crippen molar-refractivity contribution in [3.05, 3.63) is 29.8 Å². The maximum absolute atomic E-state index is 12.8. The first-order valence-electron chi connectivity index (χ1n) is 7.28. The largest absolute Gasteiger partial charge is 0.480 e. The van der Waals surface area contributed by atoms with Gasteiger partial charge in [0.2, 0.25) is 0 Å². The standard InChI is InChI=1S/C16H22N2O3/c1-11(2)17(10-15(19)20)16(21)18-9-12(3)8-13-6-4-5-7-14(13)18/h4-7,11-12H,8-10H2,1-3H3,(H,19,20). The Morgan fingerprint density at radius 2 is 2.05 bits per heavy atom. The molecule has 1 unspecified atom stereocenters. The molecule has 1 aromatic carbocycles. The highest BCUT2D eigenvalue weighted by Crippen LogP contribution is 2.30. The maximum atomic E-state index is 12.8. The summed E-state index contributed by atoms with van der Waals surface area (Å²) in [6.45, 7) is 6.12. The fraction of sp³-hybridized carbons (Fsp3) is 0.500. The molecule has 1 aliphatic heterocycles. The number of amides is 2. The minimum atomic E-state index is -0.990. The molecule has 114 valence electrons. The molecule has 5 nitrogen and oxygen atoms in total. The van der Waals surface area contributed by atoms with E-state index in [9.17, 15) is 9.59 Å². The zero-order valence-electron chi connectivity index (χ0n) is 12.7. The van der Waals surface area contributed by atoms with E-state index in [0.717, 1.165) is 17.7 Å². The number of fused-ring (bicyclic) bond motifs is 1. The van der Waals surface area contributed by atoms with Gasteiger partial charge >= 0.3 is 12.0 Å². The number of hydrogen-bond acceptors (Lipinski definition) is 2. The van der Waals surface area contributed by atoms with Crippen LogP contribution in [0.3, 0.4) is 0 Å². The van der Waals surface area contributed by atoms with Crippen LogP contribution in [0.5, 0.6) is 0 Å². The molecule has 0 aliphatic carbocycles. The maximum Gasteiger partial charge on any atom is 0.325 e. The molecule has 5 heteroatoms. The lowest BCUT2D eigenvalue weighted by Crippen LogP contribution is -2.51. The number of para-hydroxylation sites is 1. The number of carbonyl (C=O) groups excluding carboxylic acids is 1. The van der Waals surface area contributed by atoms with Crippen molar-refractivity contribution in [1.29, 1.82) is 0 Å². The second kappa shape index (κ2) is 6.16. The first-order chi connectivity index (χ1) is 9.90. The summed E-state index contributed by atoms with van der Waals surface area (Å²) in [7, 11) is 0. The van der Waals surface area contributed by atoms with Gasteiger partial charge in [0.1, 0.15) is 6.54 Å². The van der Waals surface area contributed by atoms with Gasteiger partial charge in [-0.3, -0.25) is 9.69 Å². The Morgan fingerprint density at radius 3 is 2.67 bits per heavy atom. The van der Waals surface area contributed by atoms with Gasteiger partial charge in [-0.25, -0.2) is 4.79 Å². The lowest BCUT2D eigenvalue weighted by atomic mass is 9.94. The van der Waals surface area contributed by atoms with Gasteiger partial charge in [-0.05, 0) is 37.8 Å². The van der Waals surface area contributed by atoms with Crippen molar-refractivity contribution < 1.29 is 14.7 Å². The van der Waals surface area contributed by atoms with Crippen LogP contribution < -0.4 is 4.90 Å². The minimum absolute atomic E-state index is 0.155. The number of carboxylic acid groups (broad SMARTS) is 1. The molecule has 0 aromatic heterocycles. The van der Waals surface area contributed by atoms with Crippen LogP contribution in [-0.4, -0.2) is 41.1 Å². The summed E-state index contributed by atoms with van der Waals surface area (Å²) >= 11 is 0. The van der Waals surface area contributed by atoms with E-state index in [1.54, 1.807) is 4.90 Å². The van der Waals surface area contributed by atoms with Gasteiger partial charge in [0.15, 0.2) is 0 Å². The highest BCUT2D eigenvalue weighted by Gasteiger charge is 2.31. The van der Waals surface area contributed by atoms with Gasteiger partial charge in [0.25, 0.3) is 0 Å². The highest BCUT2D eigenvalue weighted by atomic mass is 16.4. The van der Waals surface area contributed by atoms with Crippen molar-refractivity contribution in [3.8, 4) is 0 Å².